The van der Waals surface area contributed by atoms with Gasteiger partial charge in [-0.25, -0.2) is 0 Å². The quantitative estimate of drug-likeness (QED) is 0.846. The zero-order valence-electron chi connectivity index (χ0n) is 9.69. The first-order valence-corrected chi connectivity index (χ1v) is 5.91. The minimum absolute atomic E-state index is 0.145. The van der Waals surface area contributed by atoms with Crippen LogP contribution in [0.4, 0.5) is 0 Å². The molecule has 84 valence electrons. The number of nitrogens with zero attached hydrogens (tertiary/aromatic N) is 1. The highest BCUT2D eigenvalue weighted by atomic mass is 14.7. The molecule has 0 fully saturated rings. The van der Waals surface area contributed by atoms with Crippen LogP contribution >= 0.6 is 0 Å². The van der Waals surface area contributed by atoms with Gasteiger partial charge in [0.1, 0.15) is 0 Å². The molecule has 2 aromatic rings. The average Bonchev–Trinajstić information content (AvgIpc) is 2.35. The molecule has 0 radical (unpaired) electrons. The van der Waals surface area contributed by atoms with Gasteiger partial charge in [0.2, 0.25) is 0 Å². The lowest BCUT2D eigenvalue weighted by Crippen LogP contribution is -2.09. The molecule has 2 nitrogen and oxygen atoms in total. The van der Waals surface area contributed by atoms with Gasteiger partial charge >= 0.3 is 0 Å². The van der Waals surface area contributed by atoms with Crippen molar-refractivity contribution in [3.63, 3.8) is 0 Å². The van der Waals surface area contributed by atoms with Gasteiger partial charge < -0.3 is 5.73 Å². The maximum Gasteiger partial charge on any atom is 0.0705 e. The van der Waals surface area contributed by atoms with Crippen molar-refractivity contribution in [1.29, 1.82) is 0 Å². The fourth-order valence-corrected chi connectivity index (χ4v) is 1.90. The van der Waals surface area contributed by atoms with Crippen molar-refractivity contribution in [3.05, 3.63) is 42.1 Å². The minimum Gasteiger partial charge on any atom is -0.324 e. The van der Waals surface area contributed by atoms with E-state index in [1.54, 1.807) is 0 Å². The Kier molecular flexibility index (Phi) is 3.52. The SMILES string of the molecule is CCCCC(N)c1ccc2cccnc2c1. The zero-order valence-corrected chi connectivity index (χ0v) is 9.69. The number of fused-ring (bicyclic) bond motifs is 1. The third-order valence-corrected chi connectivity index (χ3v) is 2.93. The molecular weight excluding hydrogens is 196 g/mol. The summed E-state index contributed by atoms with van der Waals surface area (Å²) in [6.45, 7) is 2.19. The maximum atomic E-state index is 6.14. The van der Waals surface area contributed by atoms with E-state index in [1.807, 2.05) is 12.3 Å². The number of unbranched alkanes of at least 4 members (excludes halogenated alkanes) is 1. The summed E-state index contributed by atoms with van der Waals surface area (Å²) in [6, 6.07) is 10.5. The minimum atomic E-state index is 0.145. The lowest BCUT2D eigenvalue weighted by molar-refractivity contribution is 0.604. The van der Waals surface area contributed by atoms with Crippen molar-refractivity contribution in [2.45, 2.75) is 32.2 Å². The second kappa shape index (κ2) is 5.08. The van der Waals surface area contributed by atoms with Crippen LogP contribution in [0.15, 0.2) is 36.5 Å². The second-order valence-electron chi connectivity index (χ2n) is 4.20. The Bertz CT molecular complexity index is 465. The van der Waals surface area contributed by atoms with Crippen molar-refractivity contribution in [2.24, 2.45) is 5.73 Å². The normalized spacial score (nSPS) is 12.9. The van der Waals surface area contributed by atoms with Crippen LogP contribution in [0, 0.1) is 0 Å². The lowest BCUT2D eigenvalue weighted by atomic mass is 10.0. The number of aromatic nitrogens is 1. The van der Waals surface area contributed by atoms with E-state index in [0.717, 1.165) is 11.9 Å². The van der Waals surface area contributed by atoms with Crippen molar-refractivity contribution in [3.8, 4) is 0 Å². The highest BCUT2D eigenvalue weighted by molar-refractivity contribution is 5.78. The van der Waals surface area contributed by atoms with Crippen LogP contribution in [0.3, 0.4) is 0 Å². The van der Waals surface area contributed by atoms with E-state index >= 15 is 0 Å². The molecule has 1 unspecified atom stereocenters. The molecular formula is C14H18N2. The Hall–Kier alpha value is -1.41. The lowest BCUT2D eigenvalue weighted by Gasteiger charge is -2.11. The van der Waals surface area contributed by atoms with Crippen LogP contribution in [0.25, 0.3) is 10.9 Å². The van der Waals surface area contributed by atoms with Crippen molar-refractivity contribution in [1.82, 2.24) is 4.98 Å². The molecule has 0 saturated heterocycles. The first-order chi connectivity index (χ1) is 7.81. The highest BCUT2D eigenvalue weighted by Crippen LogP contribution is 2.20. The molecule has 2 N–H and O–H groups in total. The van der Waals surface area contributed by atoms with Crippen LogP contribution in [0.2, 0.25) is 0 Å². The van der Waals surface area contributed by atoms with Gasteiger partial charge in [-0.05, 0) is 24.1 Å². The predicted octanol–water partition coefficient (Wildman–Crippen LogP) is 3.42. The third-order valence-electron chi connectivity index (χ3n) is 2.93. The third kappa shape index (κ3) is 2.39. The zero-order chi connectivity index (χ0) is 11.4. The summed E-state index contributed by atoms with van der Waals surface area (Å²) >= 11 is 0. The van der Waals surface area contributed by atoms with Crippen LogP contribution in [-0.2, 0) is 0 Å². The van der Waals surface area contributed by atoms with E-state index in [9.17, 15) is 0 Å². The first kappa shape index (κ1) is 11.1. The molecule has 0 spiro atoms. The Morgan fingerprint density at radius 3 is 3.00 bits per heavy atom. The molecule has 2 rings (SSSR count). The van der Waals surface area contributed by atoms with Gasteiger partial charge in [-0.15, -0.1) is 0 Å². The van der Waals surface area contributed by atoms with E-state index in [0.29, 0.717) is 0 Å². The van der Waals surface area contributed by atoms with E-state index in [2.05, 4.69) is 36.2 Å². The molecule has 2 heteroatoms. The average molecular weight is 214 g/mol. The van der Waals surface area contributed by atoms with Crippen LogP contribution in [-0.4, -0.2) is 4.98 Å². The van der Waals surface area contributed by atoms with Crippen LogP contribution in [0.5, 0.6) is 0 Å². The molecule has 0 aliphatic heterocycles. The molecule has 16 heavy (non-hydrogen) atoms. The Morgan fingerprint density at radius 2 is 2.19 bits per heavy atom. The number of nitrogens with two attached hydrogens (primary N) is 1. The largest absolute Gasteiger partial charge is 0.324 e. The van der Waals surface area contributed by atoms with E-state index in [1.165, 1.54) is 23.8 Å². The van der Waals surface area contributed by atoms with Crippen molar-refractivity contribution in [2.75, 3.05) is 0 Å². The summed E-state index contributed by atoms with van der Waals surface area (Å²) in [5.74, 6) is 0. The number of hydrogen-bond acceptors (Lipinski definition) is 2. The van der Waals surface area contributed by atoms with Crippen molar-refractivity contribution >= 4 is 10.9 Å². The molecule has 1 atom stereocenters. The van der Waals surface area contributed by atoms with E-state index in [4.69, 9.17) is 5.73 Å². The molecule has 0 bridgehead atoms. The molecule has 1 aromatic carbocycles. The van der Waals surface area contributed by atoms with E-state index in [-0.39, 0.29) is 6.04 Å². The Morgan fingerprint density at radius 1 is 1.31 bits per heavy atom. The molecule has 0 amide bonds. The van der Waals surface area contributed by atoms with Gasteiger partial charge in [0.15, 0.2) is 0 Å². The molecule has 0 saturated carbocycles. The topological polar surface area (TPSA) is 38.9 Å². The summed E-state index contributed by atoms with van der Waals surface area (Å²) in [7, 11) is 0. The summed E-state index contributed by atoms with van der Waals surface area (Å²) in [5.41, 5.74) is 8.37. The predicted molar refractivity (Wildman–Crippen MR) is 68.2 cm³/mol. The summed E-state index contributed by atoms with van der Waals surface area (Å²) < 4.78 is 0. The summed E-state index contributed by atoms with van der Waals surface area (Å²) in [4.78, 5) is 4.35. The smallest absolute Gasteiger partial charge is 0.0705 e. The fourth-order valence-electron chi connectivity index (χ4n) is 1.90. The van der Waals surface area contributed by atoms with Gasteiger partial charge in [0.25, 0.3) is 0 Å². The molecule has 1 heterocycles. The molecule has 0 aliphatic rings. The first-order valence-electron chi connectivity index (χ1n) is 5.91. The van der Waals surface area contributed by atoms with E-state index < -0.39 is 0 Å². The van der Waals surface area contributed by atoms with Gasteiger partial charge in [-0.1, -0.05) is 38.0 Å². The van der Waals surface area contributed by atoms with Crippen LogP contribution < -0.4 is 5.73 Å². The fraction of sp³-hybridized carbons (Fsp3) is 0.357. The highest BCUT2D eigenvalue weighted by Gasteiger charge is 2.06. The molecule has 1 aromatic heterocycles. The van der Waals surface area contributed by atoms with Gasteiger partial charge in [0.05, 0.1) is 5.52 Å². The Balaban J connectivity index is 2.25. The second-order valence-corrected chi connectivity index (χ2v) is 4.20. The number of rotatable bonds is 4. The van der Waals surface area contributed by atoms with Crippen LogP contribution in [0.1, 0.15) is 37.8 Å². The summed E-state index contributed by atoms with van der Waals surface area (Å²) in [5, 5.41) is 1.17. The number of hydrogen-bond donors (Lipinski definition) is 1. The maximum absolute atomic E-state index is 6.14. The standard InChI is InChI=1S/C14H18N2/c1-2-3-6-13(15)12-8-7-11-5-4-9-16-14(11)10-12/h4-5,7-10,13H,2-3,6,15H2,1H3. The van der Waals surface area contributed by atoms with Crippen molar-refractivity contribution < 1.29 is 0 Å². The molecule has 0 aliphatic carbocycles. The monoisotopic (exact) mass is 214 g/mol. The Labute approximate surface area is 96.5 Å². The number of pyridine rings is 1. The summed E-state index contributed by atoms with van der Waals surface area (Å²) in [6.07, 6.45) is 5.25. The van der Waals surface area contributed by atoms with Gasteiger partial charge in [-0.3, -0.25) is 4.98 Å². The van der Waals surface area contributed by atoms with Gasteiger partial charge in [-0.2, -0.15) is 0 Å². The number of benzene rings is 1. The van der Waals surface area contributed by atoms with Gasteiger partial charge in [0, 0.05) is 17.6 Å².